The van der Waals surface area contributed by atoms with Crippen molar-refractivity contribution in [2.24, 2.45) is 5.92 Å². The van der Waals surface area contributed by atoms with Crippen LogP contribution in [0.2, 0.25) is 0 Å². The Bertz CT molecular complexity index is 799. The predicted octanol–water partition coefficient (Wildman–Crippen LogP) is 2.05. The van der Waals surface area contributed by atoms with Gasteiger partial charge in [-0.15, -0.1) is 0 Å². The zero-order chi connectivity index (χ0) is 17.9. The summed E-state index contributed by atoms with van der Waals surface area (Å²) < 4.78 is 35.9. The number of pyridine rings is 1. The van der Waals surface area contributed by atoms with Gasteiger partial charge < -0.3 is 9.30 Å². The van der Waals surface area contributed by atoms with Crippen molar-refractivity contribution in [1.82, 2.24) is 19.3 Å². The molecule has 136 valence electrons. The molecule has 0 spiro atoms. The van der Waals surface area contributed by atoms with Crippen LogP contribution < -0.4 is 4.72 Å². The molecule has 3 rings (SSSR count). The van der Waals surface area contributed by atoms with Crippen LogP contribution in [0.5, 0.6) is 0 Å². The summed E-state index contributed by atoms with van der Waals surface area (Å²) in [5.41, 5.74) is 0.865. The van der Waals surface area contributed by atoms with Gasteiger partial charge in [-0.25, -0.2) is 18.1 Å². The van der Waals surface area contributed by atoms with Crippen molar-refractivity contribution in [3.8, 4) is 0 Å². The van der Waals surface area contributed by atoms with E-state index in [0.29, 0.717) is 25.6 Å². The van der Waals surface area contributed by atoms with Gasteiger partial charge in [-0.3, -0.25) is 4.98 Å². The zero-order valence-corrected chi connectivity index (χ0v) is 15.4. The van der Waals surface area contributed by atoms with E-state index in [-0.39, 0.29) is 17.0 Å². The fourth-order valence-electron chi connectivity index (χ4n) is 3.20. The molecule has 0 saturated carbocycles. The molecule has 1 aliphatic rings. The van der Waals surface area contributed by atoms with E-state index in [1.165, 1.54) is 0 Å². The lowest BCUT2D eigenvalue weighted by molar-refractivity contribution is 0.0564. The summed E-state index contributed by atoms with van der Waals surface area (Å²) in [6, 6.07) is 3.40. The summed E-state index contributed by atoms with van der Waals surface area (Å²) in [6.07, 6.45) is 6.61. The Hall–Kier alpha value is -1.77. The Morgan fingerprint density at radius 3 is 2.76 bits per heavy atom. The van der Waals surface area contributed by atoms with Crippen LogP contribution in [0.15, 0.2) is 35.7 Å². The number of imidazole rings is 1. The van der Waals surface area contributed by atoms with E-state index in [2.05, 4.69) is 14.7 Å². The molecular formula is C17H24N4O3S. The second-order valence-electron chi connectivity index (χ2n) is 6.25. The van der Waals surface area contributed by atoms with Crippen LogP contribution in [0.3, 0.4) is 0 Å². The van der Waals surface area contributed by atoms with E-state index in [9.17, 15) is 8.42 Å². The van der Waals surface area contributed by atoms with E-state index < -0.39 is 10.0 Å². The largest absolute Gasteiger partial charge is 0.381 e. The number of nitrogens with zero attached hydrogens (tertiary/aromatic N) is 3. The van der Waals surface area contributed by atoms with Gasteiger partial charge in [0.25, 0.3) is 10.0 Å². The molecule has 0 radical (unpaired) electrons. The molecule has 1 unspecified atom stereocenters. The first-order valence-corrected chi connectivity index (χ1v) is 10.0. The highest BCUT2D eigenvalue weighted by molar-refractivity contribution is 7.89. The number of ether oxygens (including phenoxy) is 1. The van der Waals surface area contributed by atoms with Gasteiger partial charge in [-0.05, 0) is 44.2 Å². The lowest BCUT2D eigenvalue weighted by Gasteiger charge is -2.30. The van der Waals surface area contributed by atoms with Gasteiger partial charge in [0.1, 0.15) is 5.82 Å². The Labute approximate surface area is 148 Å². The maximum absolute atomic E-state index is 12.9. The summed E-state index contributed by atoms with van der Waals surface area (Å²) in [5.74, 6) is 0.856. The molecule has 1 saturated heterocycles. The molecular weight excluding hydrogens is 340 g/mol. The number of rotatable bonds is 6. The number of hydrogen-bond donors (Lipinski definition) is 1. The molecule has 1 atom stereocenters. The second kappa shape index (κ2) is 7.63. The monoisotopic (exact) mass is 364 g/mol. The average molecular weight is 364 g/mol. The quantitative estimate of drug-likeness (QED) is 0.848. The standard InChI is InChI=1S/C17H24N4O3S/c1-3-21-12-16(19-13(21)2)25(22,23)20-17(14-6-9-24-10-7-14)15-5-4-8-18-11-15/h4-5,8,11-12,14,17,20H,3,6-7,9-10H2,1-2H3. The fraction of sp³-hybridized carbons (Fsp3) is 0.529. The molecule has 1 fully saturated rings. The average Bonchev–Trinajstić information content (AvgIpc) is 3.03. The SMILES string of the molecule is CCn1cc(S(=O)(=O)NC(c2cccnc2)C2CCOCC2)nc1C. The van der Waals surface area contributed by atoms with Crippen LogP contribution in [0.1, 0.15) is 37.2 Å². The van der Waals surface area contributed by atoms with E-state index in [1.807, 2.05) is 23.6 Å². The molecule has 2 aromatic heterocycles. The van der Waals surface area contributed by atoms with Gasteiger partial charge in [0.2, 0.25) is 0 Å². The molecule has 7 nitrogen and oxygen atoms in total. The van der Waals surface area contributed by atoms with Crippen LogP contribution in [-0.2, 0) is 21.3 Å². The minimum absolute atomic E-state index is 0.0628. The third-order valence-corrected chi connectivity index (χ3v) is 5.94. The lowest BCUT2D eigenvalue weighted by atomic mass is 9.88. The van der Waals surface area contributed by atoms with Crippen LogP contribution >= 0.6 is 0 Å². The van der Waals surface area contributed by atoms with Gasteiger partial charge >= 0.3 is 0 Å². The van der Waals surface area contributed by atoms with Crippen molar-refractivity contribution in [2.45, 2.75) is 44.3 Å². The predicted molar refractivity (Wildman–Crippen MR) is 93.5 cm³/mol. The Morgan fingerprint density at radius 1 is 1.40 bits per heavy atom. The summed E-state index contributed by atoms with van der Waals surface area (Å²) in [7, 11) is -3.72. The highest BCUT2D eigenvalue weighted by Gasteiger charge is 2.31. The van der Waals surface area contributed by atoms with Crippen LogP contribution in [0.25, 0.3) is 0 Å². The van der Waals surface area contributed by atoms with Crippen molar-refractivity contribution in [2.75, 3.05) is 13.2 Å². The highest BCUT2D eigenvalue weighted by atomic mass is 32.2. The molecule has 0 aliphatic carbocycles. The smallest absolute Gasteiger partial charge is 0.260 e. The number of nitrogens with one attached hydrogen (secondary N) is 1. The van der Waals surface area contributed by atoms with E-state index >= 15 is 0 Å². The van der Waals surface area contributed by atoms with Gasteiger partial charge in [-0.1, -0.05) is 6.07 Å². The van der Waals surface area contributed by atoms with Gasteiger partial charge in [0.05, 0.1) is 6.04 Å². The molecule has 0 bridgehead atoms. The molecule has 8 heteroatoms. The number of aryl methyl sites for hydroxylation is 2. The van der Waals surface area contributed by atoms with Crippen LogP contribution in [0, 0.1) is 12.8 Å². The second-order valence-corrected chi connectivity index (χ2v) is 7.91. The Kier molecular flexibility index (Phi) is 5.51. The summed E-state index contributed by atoms with van der Waals surface area (Å²) in [6.45, 7) is 5.73. The fourth-order valence-corrected chi connectivity index (χ4v) is 4.50. The number of hydrogen-bond acceptors (Lipinski definition) is 5. The number of aromatic nitrogens is 3. The van der Waals surface area contributed by atoms with Crippen molar-refractivity contribution in [3.63, 3.8) is 0 Å². The first-order chi connectivity index (χ1) is 12.0. The maximum atomic E-state index is 12.9. The Balaban J connectivity index is 1.90. The Morgan fingerprint density at radius 2 is 2.16 bits per heavy atom. The normalized spacial score (nSPS) is 17.5. The third kappa shape index (κ3) is 4.08. The van der Waals surface area contributed by atoms with Crippen LogP contribution in [0.4, 0.5) is 0 Å². The maximum Gasteiger partial charge on any atom is 0.260 e. The zero-order valence-electron chi connectivity index (χ0n) is 14.6. The summed E-state index contributed by atoms with van der Waals surface area (Å²) >= 11 is 0. The minimum Gasteiger partial charge on any atom is -0.381 e. The van der Waals surface area contributed by atoms with Gasteiger partial charge in [0, 0.05) is 38.3 Å². The molecule has 25 heavy (non-hydrogen) atoms. The molecule has 0 aromatic carbocycles. The number of sulfonamides is 1. The van der Waals surface area contributed by atoms with Crippen LogP contribution in [-0.4, -0.2) is 36.2 Å². The van der Waals surface area contributed by atoms with Crippen molar-refractivity contribution in [1.29, 1.82) is 0 Å². The molecule has 3 heterocycles. The summed E-state index contributed by atoms with van der Waals surface area (Å²) in [4.78, 5) is 8.37. The van der Waals surface area contributed by atoms with Crippen molar-refractivity contribution in [3.05, 3.63) is 42.1 Å². The molecule has 1 N–H and O–H groups in total. The summed E-state index contributed by atoms with van der Waals surface area (Å²) in [5, 5.41) is 0.0628. The first kappa shape index (κ1) is 18.0. The van der Waals surface area contributed by atoms with Gasteiger partial charge in [0.15, 0.2) is 5.03 Å². The van der Waals surface area contributed by atoms with Crippen molar-refractivity contribution >= 4 is 10.0 Å². The van der Waals surface area contributed by atoms with E-state index in [1.54, 1.807) is 25.5 Å². The van der Waals surface area contributed by atoms with Gasteiger partial charge in [-0.2, -0.15) is 0 Å². The highest BCUT2D eigenvalue weighted by Crippen LogP contribution is 2.31. The molecule has 1 aliphatic heterocycles. The molecule has 0 amide bonds. The third-order valence-electron chi connectivity index (χ3n) is 4.63. The topological polar surface area (TPSA) is 86.1 Å². The van der Waals surface area contributed by atoms with E-state index in [4.69, 9.17) is 4.74 Å². The first-order valence-electron chi connectivity index (χ1n) is 8.55. The van der Waals surface area contributed by atoms with E-state index in [0.717, 1.165) is 18.4 Å². The molecule has 2 aromatic rings. The minimum atomic E-state index is -3.72. The lowest BCUT2D eigenvalue weighted by Crippen LogP contribution is -2.36. The van der Waals surface area contributed by atoms with Crippen molar-refractivity contribution < 1.29 is 13.2 Å².